The average Bonchev–Trinajstić information content (AvgIpc) is 1.90. The summed E-state index contributed by atoms with van der Waals surface area (Å²) < 4.78 is 9.92. The molecule has 0 aliphatic rings. The topological polar surface area (TPSA) is 18.7 Å². The van der Waals surface area contributed by atoms with Gasteiger partial charge in [0.2, 0.25) is 0 Å². The zero-order valence-corrected chi connectivity index (χ0v) is 45.7. The van der Waals surface area contributed by atoms with E-state index in [1.54, 1.807) is 0 Å². The molecule has 19 aromatic rings. The van der Waals surface area contributed by atoms with Crippen molar-refractivity contribution in [3.63, 3.8) is 0 Å². The van der Waals surface area contributed by atoms with Crippen molar-refractivity contribution in [2.75, 3.05) is 0 Å². The largest absolute Gasteiger partial charge is 0.309 e. The van der Waals surface area contributed by atoms with Gasteiger partial charge in [-0.05, 0) is 130 Å². The molecule has 0 saturated heterocycles. The number of hydrogen-bond acceptors (Lipinski definition) is 0. The predicted molar refractivity (Wildman–Crippen MR) is 352 cm³/mol. The first-order chi connectivity index (χ1) is 41.7. The van der Waals surface area contributed by atoms with Crippen molar-refractivity contribution in [2.45, 2.75) is 11.8 Å². The average molecular weight is 1070 g/mol. The molecule has 13 aromatic carbocycles. The van der Waals surface area contributed by atoms with Gasteiger partial charge in [0.25, 0.3) is 0 Å². The van der Waals surface area contributed by atoms with Crippen LogP contribution in [0.1, 0.15) is 45.2 Å². The first-order valence-corrected chi connectivity index (χ1v) is 29.3. The summed E-state index contributed by atoms with van der Waals surface area (Å²) in [6.45, 7) is 0. The number of nitrogens with zero attached hydrogens (tertiary/aromatic N) is 4. The second-order valence-electron chi connectivity index (χ2n) is 23.1. The van der Waals surface area contributed by atoms with E-state index in [0.29, 0.717) is 0 Å². The third-order valence-electron chi connectivity index (χ3n) is 18.8. The summed E-state index contributed by atoms with van der Waals surface area (Å²) in [6, 6.07) is 109. The minimum atomic E-state index is 0.0214. The molecule has 0 aliphatic heterocycles. The van der Waals surface area contributed by atoms with Crippen LogP contribution in [0.25, 0.3) is 131 Å². The summed E-state index contributed by atoms with van der Waals surface area (Å²) in [6.07, 6.45) is 0. The second-order valence-corrected chi connectivity index (χ2v) is 23.1. The van der Waals surface area contributed by atoms with E-state index in [4.69, 9.17) is 0 Å². The highest BCUT2D eigenvalue weighted by Crippen LogP contribution is 2.48. The van der Waals surface area contributed by atoms with E-state index in [-0.39, 0.29) is 11.8 Å². The van der Waals surface area contributed by atoms with Crippen molar-refractivity contribution in [1.29, 1.82) is 0 Å². The Bertz CT molecular complexity index is 5480. The van der Waals surface area contributed by atoms with Crippen LogP contribution in [0.5, 0.6) is 0 Å². The maximum absolute atomic E-state index is 2.56. The summed E-state index contributed by atoms with van der Waals surface area (Å²) in [4.78, 5) is 0. The lowest BCUT2D eigenvalue weighted by Gasteiger charge is -2.20. The van der Waals surface area contributed by atoms with Gasteiger partial charge in [0.05, 0.1) is 55.2 Å². The van der Waals surface area contributed by atoms with Gasteiger partial charge in [-0.25, -0.2) is 0 Å². The molecule has 0 aliphatic carbocycles. The van der Waals surface area contributed by atoms with Crippen LogP contribution in [0, 0.1) is 0 Å². The lowest BCUT2D eigenvalue weighted by atomic mass is 9.84. The highest BCUT2D eigenvalue weighted by Gasteiger charge is 2.27. The van der Waals surface area contributed by atoms with Crippen molar-refractivity contribution < 1.29 is 0 Å². The molecule has 19 rings (SSSR count). The van der Waals surface area contributed by atoms with E-state index in [1.165, 1.54) is 165 Å². The molecule has 6 heterocycles. The van der Waals surface area contributed by atoms with Crippen LogP contribution in [0.2, 0.25) is 0 Å². The highest BCUT2D eigenvalue weighted by atomic mass is 15.0. The fraction of sp³-hybridized carbons (Fsp3) is 0.0250. The Morgan fingerprint density at radius 2 is 0.464 bits per heavy atom. The van der Waals surface area contributed by atoms with Crippen molar-refractivity contribution in [3.05, 3.63) is 325 Å². The zero-order valence-electron chi connectivity index (χ0n) is 45.7. The highest BCUT2D eigenvalue weighted by molar-refractivity contribution is 6.29. The van der Waals surface area contributed by atoms with E-state index < -0.39 is 0 Å². The molecule has 0 radical (unpaired) electrons. The molecule has 0 fully saturated rings. The number of fused-ring (bicyclic) bond motifs is 18. The fourth-order valence-electron chi connectivity index (χ4n) is 15.3. The molecular weight excluding hydrogens is 1020 g/mol. The van der Waals surface area contributed by atoms with Gasteiger partial charge in [-0.1, -0.05) is 194 Å². The standard InChI is InChI=1S/C80H50N4/c1-5-19-49(20-6-1)77(51-35-39-71-63(43-51)57-27-13-15-33-69(57)81(71)55-23-9-3-10-24-55)53-37-41-73-65(45-53)59-29-17-31-61-67-48-76-68(47-75(67)83(73)79(59)61)62-32-18-30-60-66-46-54(38-42-74(66)84(76)80(60)62)78(50-21-7-2-8-22-50)52-36-40-72-64(44-52)58-28-14-16-34-70(58)82(72)56-25-11-4-12-26-56/h1-48,77-78H. The van der Waals surface area contributed by atoms with E-state index in [2.05, 4.69) is 309 Å². The maximum Gasteiger partial charge on any atom is 0.0620 e. The minimum absolute atomic E-state index is 0.0214. The number of benzene rings is 13. The monoisotopic (exact) mass is 1070 g/mol. The zero-order chi connectivity index (χ0) is 54.7. The van der Waals surface area contributed by atoms with E-state index >= 15 is 0 Å². The van der Waals surface area contributed by atoms with Gasteiger partial charge in [0, 0.05) is 87.8 Å². The Hall–Kier alpha value is -10.9. The minimum Gasteiger partial charge on any atom is -0.309 e. The van der Waals surface area contributed by atoms with Gasteiger partial charge >= 0.3 is 0 Å². The lowest BCUT2D eigenvalue weighted by molar-refractivity contribution is 0.982. The van der Waals surface area contributed by atoms with Crippen LogP contribution in [-0.2, 0) is 0 Å². The first kappa shape index (κ1) is 45.8. The van der Waals surface area contributed by atoms with Crippen LogP contribution in [0.3, 0.4) is 0 Å². The Morgan fingerprint density at radius 3 is 0.845 bits per heavy atom. The molecule has 0 amide bonds. The molecule has 4 nitrogen and oxygen atoms in total. The lowest BCUT2D eigenvalue weighted by Crippen LogP contribution is -2.03. The number of hydrogen-bond donors (Lipinski definition) is 0. The summed E-state index contributed by atoms with van der Waals surface area (Å²) in [7, 11) is 0. The number of rotatable bonds is 8. The molecular formula is C80H50N4. The fourth-order valence-corrected chi connectivity index (χ4v) is 15.3. The first-order valence-electron chi connectivity index (χ1n) is 29.3. The van der Waals surface area contributed by atoms with Gasteiger partial charge in [-0.15, -0.1) is 0 Å². The Morgan fingerprint density at radius 1 is 0.179 bits per heavy atom. The smallest absolute Gasteiger partial charge is 0.0620 e. The molecule has 2 atom stereocenters. The summed E-state index contributed by atoms with van der Waals surface area (Å²) in [5.41, 5.74) is 22.4. The number of para-hydroxylation sites is 6. The Balaban J connectivity index is 0.766. The molecule has 6 aromatic heterocycles. The Labute approximate surface area is 482 Å². The van der Waals surface area contributed by atoms with Gasteiger partial charge < -0.3 is 17.9 Å². The van der Waals surface area contributed by atoms with Crippen molar-refractivity contribution in [1.82, 2.24) is 17.9 Å². The normalized spacial score (nSPS) is 13.1. The van der Waals surface area contributed by atoms with Gasteiger partial charge in [0.15, 0.2) is 0 Å². The van der Waals surface area contributed by atoms with Crippen LogP contribution in [0.15, 0.2) is 291 Å². The molecule has 4 heteroatoms. The van der Waals surface area contributed by atoms with E-state index in [9.17, 15) is 0 Å². The third kappa shape index (κ3) is 6.31. The van der Waals surface area contributed by atoms with Gasteiger partial charge in [0.1, 0.15) is 0 Å². The molecule has 0 bridgehead atoms. The van der Waals surface area contributed by atoms with Crippen LogP contribution in [-0.4, -0.2) is 17.9 Å². The second kappa shape index (κ2) is 17.3. The Kier molecular flexibility index (Phi) is 9.42. The summed E-state index contributed by atoms with van der Waals surface area (Å²) >= 11 is 0. The maximum atomic E-state index is 2.56. The van der Waals surface area contributed by atoms with Gasteiger partial charge in [-0.2, -0.15) is 0 Å². The third-order valence-corrected chi connectivity index (χ3v) is 18.8. The van der Waals surface area contributed by atoms with Crippen molar-refractivity contribution >= 4 is 120 Å². The predicted octanol–water partition coefficient (Wildman–Crippen LogP) is 20.5. The van der Waals surface area contributed by atoms with Crippen LogP contribution in [0.4, 0.5) is 0 Å². The molecule has 0 spiro atoms. The summed E-state index contributed by atoms with van der Waals surface area (Å²) in [5, 5.41) is 15.3. The number of aromatic nitrogens is 4. The molecule has 390 valence electrons. The van der Waals surface area contributed by atoms with Gasteiger partial charge in [-0.3, -0.25) is 0 Å². The van der Waals surface area contributed by atoms with Crippen LogP contribution < -0.4 is 0 Å². The van der Waals surface area contributed by atoms with Crippen LogP contribution >= 0.6 is 0 Å². The molecule has 2 unspecified atom stereocenters. The van der Waals surface area contributed by atoms with E-state index in [1.807, 2.05) is 0 Å². The van der Waals surface area contributed by atoms with Crippen molar-refractivity contribution in [3.8, 4) is 11.4 Å². The quantitative estimate of drug-likeness (QED) is 0.135. The SMILES string of the molecule is c1ccc(C(c2ccc3c(c2)c2ccccc2n3-c2ccccc2)c2ccc3c(c2)c2cccc4c5cc6c(cc5n3c24)c2cccc3c4cc(C(c5ccccc5)c5ccc7c(c5)c5ccccc5n7-c5ccccc5)ccc4n6c32)cc1. The summed E-state index contributed by atoms with van der Waals surface area (Å²) in [5.74, 6) is 0.0428. The van der Waals surface area contributed by atoms with Crippen molar-refractivity contribution in [2.24, 2.45) is 0 Å². The molecule has 0 N–H and O–H groups in total. The van der Waals surface area contributed by atoms with E-state index in [0.717, 1.165) is 0 Å². The molecule has 84 heavy (non-hydrogen) atoms. The molecule has 0 saturated carbocycles.